The molecule has 3 heterocycles. The molecule has 0 bridgehead atoms. The van der Waals surface area contributed by atoms with Gasteiger partial charge in [0.25, 0.3) is 11.5 Å². The number of para-hydroxylation sites is 1. The number of carbonyl (C=O) groups excluding carboxylic acids is 2. The Balaban J connectivity index is 1.52. The molecule has 0 atom stereocenters. The van der Waals surface area contributed by atoms with Crippen molar-refractivity contribution in [2.75, 3.05) is 26.0 Å². The molecule has 6 aromatic rings. The second kappa shape index (κ2) is 15.5. The summed E-state index contributed by atoms with van der Waals surface area (Å²) in [5.41, 5.74) is 8.71. The van der Waals surface area contributed by atoms with E-state index in [2.05, 4.69) is 20.6 Å². The van der Waals surface area contributed by atoms with E-state index in [4.69, 9.17) is 5.73 Å². The Morgan fingerprint density at radius 2 is 1.62 bits per heavy atom. The quantitative estimate of drug-likeness (QED) is 0.149. The highest BCUT2D eigenvalue weighted by molar-refractivity contribution is 7.22. The van der Waals surface area contributed by atoms with Crippen LogP contribution in [0.4, 0.5) is 19.3 Å². The molecule has 0 fully saturated rings. The van der Waals surface area contributed by atoms with E-state index in [-0.39, 0.29) is 28.0 Å². The number of urea groups is 1. The third-order valence-electron chi connectivity index (χ3n) is 8.30. The van der Waals surface area contributed by atoms with Gasteiger partial charge in [0.2, 0.25) is 0 Å². The highest BCUT2D eigenvalue weighted by Gasteiger charge is 2.26. The van der Waals surface area contributed by atoms with E-state index >= 15 is 8.78 Å². The first-order chi connectivity index (χ1) is 25.0. The lowest BCUT2D eigenvalue weighted by Gasteiger charge is -2.18. The van der Waals surface area contributed by atoms with Crippen LogP contribution in [0, 0.1) is 11.6 Å². The summed E-state index contributed by atoms with van der Waals surface area (Å²) in [6.45, 7) is 0.198. The maximum absolute atomic E-state index is 15.1. The summed E-state index contributed by atoms with van der Waals surface area (Å²) in [5, 5.41) is 2.85. The summed E-state index contributed by atoms with van der Waals surface area (Å²) >= 11 is 1.15. The number of hydrogen-bond donors (Lipinski definition) is 3. The van der Waals surface area contributed by atoms with Crippen LogP contribution in [0.1, 0.15) is 27.3 Å². The van der Waals surface area contributed by atoms with Gasteiger partial charge in [0, 0.05) is 41.3 Å². The maximum atomic E-state index is 15.1. The molecule has 0 unspecified atom stereocenters. The first-order valence-corrected chi connectivity index (χ1v) is 16.8. The smallest absolute Gasteiger partial charge is 0.343 e. The van der Waals surface area contributed by atoms with Gasteiger partial charge < -0.3 is 16.0 Å². The molecule has 0 aliphatic heterocycles. The van der Waals surface area contributed by atoms with E-state index in [0.717, 1.165) is 28.0 Å². The predicted octanol–water partition coefficient (Wildman–Crippen LogP) is 5.06. The number of aromatic nitrogens is 3. The van der Waals surface area contributed by atoms with E-state index in [1.807, 2.05) is 11.9 Å². The van der Waals surface area contributed by atoms with Crippen molar-refractivity contribution in [1.29, 1.82) is 0 Å². The van der Waals surface area contributed by atoms with Crippen LogP contribution in [0.15, 0.2) is 101 Å². The molecule has 0 spiro atoms. The van der Waals surface area contributed by atoms with Crippen LogP contribution >= 0.6 is 11.3 Å². The third kappa shape index (κ3) is 7.51. The average Bonchev–Trinajstić information content (AvgIpc) is 3.50. The van der Waals surface area contributed by atoms with Crippen LogP contribution in [0.2, 0.25) is 0 Å². The summed E-state index contributed by atoms with van der Waals surface area (Å²) in [6, 6.07) is 23.1. The van der Waals surface area contributed by atoms with Crippen LogP contribution in [-0.2, 0) is 24.3 Å². The van der Waals surface area contributed by atoms with E-state index < -0.39 is 41.4 Å². The molecule has 15 heteroatoms. The van der Waals surface area contributed by atoms with Gasteiger partial charge in [0.05, 0.1) is 24.7 Å². The zero-order chi connectivity index (χ0) is 36.9. The number of carbonyl (C=O) groups is 2. The number of hydrogen-bond acceptors (Lipinski definition) is 8. The predicted molar refractivity (Wildman–Crippen MR) is 195 cm³/mol. The highest BCUT2D eigenvalue weighted by Crippen LogP contribution is 2.38. The van der Waals surface area contributed by atoms with Gasteiger partial charge in [0.1, 0.15) is 22.2 Å². The molecule has 3 amide bonds. The Kier molecular flexibility index (Phi) is 10.6. The van der Waals surface area contributed by atoms with Crippen LogP contribution < -0.4 is 27.8 Å². The zero-order valence-corrected chi connectivity index (χ0v) is 28.9. The Labute approximate surface area is 299 Å². The number of rotatable bonds is 12. The monoisotopic (exact) mass is 725 g/mol. The Morgan fingerprint density at radius 1 is 0.923 bits per heavy atom. The molecule has 6 rings (SSSR count). The second-order valence-corrected chi connectivity index (χ2v) is 12.8. The summed E-state index contributed by atoms with van der Waals surface area (Å²) in [6.07, 6.45) is 0.449. The third-order valence-corrected chi connectivity index (χ3v) is 9.61. The number of benzene rings is 3. The van der Waals surface area contributed by atoms with E-state index in [0.29, 0.717) is 46.0 Å². The molecule has 3 aromatic carbocycles. The van der Waals surface area contributed by atoms with Crippen LogP contribution in [-0.4, -0.2) is 51.7 Å². The van der Waals surface area contributed by atoms with Gasteiger partial charge in [-0.25, -0.2) is 33.4 Å². The van der Waals surface area contributed by atoms with Crippen molar-refractivity contribution < 1.29 is 23.2 Å². The maximum Gasteiger partial charge on any atom is 0.343 e. The van der Waals surface area contributed by atoms with Crippen molar-refractivity contribution in [1.82, 2.24) is 24.5 Å². The number of nitrogens with one attached hydrogen (secondary N) is 2. The van der Waals surface area contributed by atoms with Gasteiger partial charge in [-0.2, -0.15) is 0 Å². The summed E-state index contributed by atoms with van der Waals surface area (Å²) in [5.74, 6) is -2.30. The fourth-order valence-electron chi connectivity index (χ4n) is 5.80. The van der Waals surface area contributed by atoms with Crippen molar-refractivity contribution in [2.24, 2.45) is 5.73 Å². The molecular weight excluding hydrogens is 693 g/mol. The molecular formula is C37H33F2N7O5S. The number of likely N-dealkylation sites (N-methyl/N-ethyl adjacent to an activating group) is 1. The van der Waals surface area contributed by atoms with Crippen LogP contribution in [0.5, 0.6) is 0 Å². The molecule has 12 nitrogen and oxygen atoms in total. The van der Waals surface area contributed by atoms with E-state index in [1.165, 1.54) is 23.8 Å². The molecule has 3 aromatic heterocycles. The minimum Gasteiger partial charge on any atom is -0.364 e. The molecule has 0 aliphatic rings. The van der Waals surface area contributed by atoms with Gasteiger partial charge in [-0.1, -0.05) is 42.5 Å². The number of nitrogens with two attached hydrogens (primary N) is 1. The fourth-order valence-corrected chi connectivity index (χ4v) is 7.11. The highest BCUT2D eigenvalue weighted by atomic mass is 32.1. The average molecular weight is 726 g/mol. The number of pyridine rings is 1. The topological polar surface area (TPSA) is 154 Å². The summed E-state index contributed by atoms with van der Waals surface area (Å²) in [7, 11) is 3.16. The lowest BCUT2D eigenvalue weighted by molar-refractivity contribution is 0.0995. The lowest BCUT2D eigenvalue weighted by atomic mass is 10.1. The Bertz CT molecular complexity index is 2380. The number of thiophene rings is 1. The zero-order valence-electron chi connectivity index (χ0n) is 28.1. The van der Waals surface area contributed by atoms with Gasteiger partial charge >= 0.3 is 11.7 Å². The standard InChI is InChI=1S/C37H33F2N7O5S/c1-44(19-18-23-8-6-13-30(41-23)33(40)47)20-27-31-34(48)46(25-9-4-3-5-10-25)37(50)45(21-26-28(38)11-7-12-29(26)39)35(31)52-32(27)22-14-16-24(17-15-22)42-36(49)43-51-2/h3-17H,18-21H2,1-2H3,(H2,40,47)(H2,42,43,49). The minimum absolute atomic E-state index is 0.148. The number of anilines is 1. The van der Waals surface area contributed by atoms with Crippen molar-refractivity contribution in [3.8, 4) is 16.1 Å². The molecule has 0 aliphatic carbocycles. The molecule has 0 saturated carbocycles. The molecule has 266 valence electrons. The van der Waals surface area contributed by atoms with Crippen molar-refractivity contribution in [3.63, 3.8) is 0 Å². The largest absolute Gasteiger partial charge is 0.364 e. The summed E-state index contributed by atoms with van der Waals surface area (Å²) < 4.78 is 32.4. The van der Waals surface area contributed by atoms with Crippen molar-refractivity contribution in [2.45, 2.75) is 19.5 Å². The fraction of sp³-hybridized carbons (Fsp3) is 0.162. The van der Waals surface area contributed by atoms with Gasteiger partial charge in [0.15, 0.2) is 0 Å². The van der Waals surface area contributed by atoms with E-state index in [9.17, 15) is 19.2 Å². The van der Waals surface area contributed by atoms with Crippen LogP contribution in [0.25, 0.3) is 26.3 Å². The first-order valence-electron chi connectivity index (χ1n) is 16.0. The second-order valence-electron chi connectivity index (χ2n) is 11.8. The number of fused-ring (bicyclic) bond motifs is 1. The minimum atomic E-state index is -0.830. The Morgan fingerprint density at radius 3 is 2.29 bits per heavy atom. The van der Waals surface area contributed by atoms with E-state index in [1.54, 1.807) is 66.7 Å². The lowest BCUT2D eigenvalue weighted by Crippen LogP contribution is -2.39. The number of nitrogens with zero attached hydrogens (tertiary/aromatic N) is 4. The van der Waals surface area contributed by atoms with Crippen molar-refractivity contribution in [3.05, 3.63) is 146 Å². The molecule has 0 saturated heterocycles. The summed E-state index contributed by atoms with van der Waals surface area (Å²) in [4.78, 5) is 64.3. The number of halogens is 2. The molecule has 52 heavy (non-hydrogen) atoms. The SMILES string of the molecule is CONC(=O)Nc1ccc(-c2sc3c(c2CN(C)CCc2cccc(C(N)=O)n2)c(=O)n(-c2ccccc2)c(=O)n3Cc2c(F)cccc2F)cc1. The first kappa shape index (κ1) is 35.8. The number of hydroxylamine groups is 1. The Hall–Kier alpha value is -6.03. The van der Waals surface area contributed by atoms with Crippen LogP contribution in [0.3, 0.4) is 0 Å². The number of primary amides is 1. The van der Waals surface area contributed by atoms with Gasteiger partial charge in [-0.15, -0.1) is 11.3 Å². The molecule has 4 N–H and O–H groups in total. The van der Waals surface area contributed by atoms with Crippen molar-refractivity contribution >= 4 is 39.2 Å². The number of amides is 3. The van der Waals surface area contributed by atoms with Gasteiger partial charge in [-0.05, 0) is 66.7 Å². The van der Waals surface area contributed by atoms with Gasteiger partial charge in [-0.3, -0.25) is 19.0 Å². The molecule has 0 radical (unpaired) electrons. The normalized spacial score (nSPS) is 11.2.